The lowest BCUT2D eigenvalue weighted by atomic mass is 9.77. The predicted octanol–water partition coefficient (Wildman–Crippen LogP) is 1.95. The van der Waals surface area contributed by atoms with Gasteiger partial charge in [-0.05, 0) is 18.9 Å². The Labute approximate surface area is 186 Å². The minimum Gasteiger partial charge on any atom is -0.495 e. The molecule has 1 aromatic carbocycles. The van der Waals surface area contributed by atoms with Crippen LogP contribution in [0.5, 0.6) is 5.75 Å². The number of hydrogen-bond acceptors (Lipinski definition) is 5. The molecule has 2 fully saturated rings. The van der Waals surface area contributed by atoms with Crippen molar-refractivity contribution in [2.24, 2.45) is 11.8 Å². The smallest absolute Gasteiger partial charge is 0.226 e. The summed E-state index contributed by atoms with van der Waals surface area (Å²) >= 11 is 0. The van der Waals surface area contributed by atoms with Crippen LogP contribution in [0.15, 0.2) is 18.2 Å². The fraction of sp³-hybridized carbons (Fsp3) is 0.542. The maximum Gasteiger partial charge on any atom is 0.226 e. The summed E-state index contributed by atoms with van der Waals surface area (Å²) in [6.07, 6.45) is 3.99. The Bertz CT molecular complexity index is 1060. The van der Waals surface area contributed by atoms with Gasteiger partial charge >= 0.3 is 0 Å². The minimum absolute atomic E-state index is 0.0433. The van der Waals surface area contributed by atoms with Crippen LogP contribution in [-0.4, -0.2) is 60.4 Å². The third-order valence-electron chi connectivity index (χ3n) is 7.16. The number of nitrogens with one attached hydrogen (secondary N) is 2. The lowest BCUT2D eigenvalue weighted by molar-refractivity contribution is -0.144. The van der Waals surface area contributed by atoms with E-state index in [9.17, 15) is 14.4 Å². The monoisotopic (exact) mass is 439 g/mol. The number of nitrogens with zero attached hydrogens (tertiary/aromatic N) is 1. The number of carbonyl (C=O) groups is 3. The number of rotatable bonds is 4. The number of carbonyl (C=O) groups excluding carboxylic acids is 3. The number of fused-ring (bicyclic) bond motifs is 3. The molecule has 170 valence electrons. The number of methoxy groups -OCH3 is 1. The Morgan fingerprint density at radius 1 is 1.22 bits per heavy atom. The summed E-state index contributed by atoms with van der Waals surface area (Å²) in [5, 5.41) is 3.91. The Kier molecular flexibility index (Phi) is 5.63. The number of ether oxygens (including phenoxy) is 2. The molecule has 0 radical (unpaired) electrons. The van der Waals surface area contributed by atoms with E-state index in [4.69, 9.17) is 9.47 Å². The average molecular weight is 440 g/mol. The van der Waals surface area contributed by atoms with Crippen molar-refractivity contribution in [1.29, 1.82) is 0 Å². The molecule has 3 heterocycles. The van der Waals surface area contributed by atoms with Crippen LogP contribution < -0.4 is 10.1 Å². The molecule has 2 aromatic rings. The molecule has 8 nitrogen and oxygen atoms in total. The topological polar surface area (TPSA) is 101 Å². The molecular formula is C24H29N3O5. The van der Waals surface area contributed by atoms with Gasteiger partial charge in [-0.25, -0.2) is 0 Å². The lowest BCUT2D eigenvalue weighted by Gasteiger charge is -2.36. The molecule has 3 aliphatic rings. The highest BCUT2D eigenvalue weighted by atomic mass is 16.5. The molecule has 2 aliphatic heterocycles. The fourth-order valence-electron chi connectivity index (χ4n) is 5.42. The summed E-state index contributed by atoms with van der Waals surface area (Å²) in [6, 6.07) is 5.36. The molecule has 0 spiro atoms. The highest BCUT2D eigenvalue weighted by Crippen LogP contribution is 2.36. The number of para-hydroxylation sites is 1. The van der Waals surface area contributed by atoms with Crippen molar-refractivity contribution >= 4 is 28.5 Å². The maximum atomic E-state index is 13.6. The van der Waals surface area contributed by atoms with Gasteiger partial charge in [-0.3, -0.25) is 14.4 Å². The molecule has 3 atom stereocenters. The molecule has 1 saturated carbocycles. The number of aromatic amines is 1. The third-order valence-corrected chi connectivity index (χ3v) is 7.16. The molecule has 2 N–H and O–H groups in total. The van der Waals surface area contributed by atoms with Gasteiger partial charge in [0, 0.05) is 48.0 Å². The average Bonchev–Trinajstić information content (AvgIpc) is 3.40. The predicted molar refractivity (Wildman–Crippen MR) is 117 cm³/mol. The maximum absolute atomic E-state index is 13.6. The summed E-state index contributed by atoms with van der Waals surface area (Å²) in [6.45, 7) is 1.42. The second kappa shape index (κ2) is 8.58. The van der Waals surface area contributed by atoms with E-state index in [1.165, 1.54) is 0 Å². The van der Waals surface area contributed by atoms with E-state index in [2.05, 4.69) is 16.4 Å². The van der Waals surface area contributed by atoms with Crippen LogP contribution in [0.25, 0.3) is 10.9 Å². The van der Waals surface area contributed by atoms with Crippen molar-refractivity contribution in [3.63, 3.8) is 0 Å². The molecule has 1 aromatic heterocycles. The Hall–Kier alpha value is -2.87. The van der Waals surface area contributed by atoms with Crippen LogP contribution in [0.2, 0.25) is 0 Å². The zero-order valence-electron chi connectivity index (χ0n) is 18.3. The van der Waals surface area contributed by atoms with Gasteiger partial charge in [0.15, 0.2) is 5.78 Å². The van der Waals surface area contributed by atoms with Crippen LogP contribution in [0.1, 0.15) is 36.9 Å². The summed E-state index contributed by atoms with van der Waals surface area (Å²) < 4.78 is 10.6. The zero-order valence-corrected chi connectivity index (χ0v) is 18.3. The SMILES string of the molecule is COc1cccc2c3c([nH]c12)CCN(C(=O)C1CCCCC1C(=O)NC1COCC1=O)C3. The number of aromatic nitrogens is 1. The van der Waals surface area contributed by atoms with Crippen LogP contribution in [0.3, 0.4) is 0 Å². The lowest BCUT2D eigenvalue weighted by Crippen LogP contribution is -2.49. The van der Waals surface area contributed by atoms with Gasteiger partial charge < -0.3 is 24.7 Å². The Balaban J connectivity index is 1.34. The number of ketones is 1. The summed E-state index contributed by atoms with van der Waals surface area (Å²) in [7, 11) is 1.66. The van der Waals surface area contributed by atoms with E-state index in [1.807, 2.05) is 17.0 Å². The van der Waals surface area contributed by atoms with Crippen molar-refractivity contribution in [2.75, 3.05) is 26.9 Å². The molecule has 5 rings (SSSR count). The standard InChI is InChI=1S/C24H29N3O5/c1-31-21-8-4-7-14-17-11-27(10-9-18(17)25-22(14)21)24(30)16-6-3-2-5-15(16)23(29)26-19-12-32-13-20(19)28/h4,7-8,15-16,19,25H,2-3,5-6,9-13H2,1H3,(H,26,29). The second-order valence-corrected chi connectivity index (χ2v) is 9.01. The van der Waals surface area contributed by atoms with E-state index >= 15 is 0 Å². The van der Waals surface area contributed by atoms with Gasteiger partial charge in [0.05, 0.1) is 19.2 Å². The van der Waals surface area contributed by atoms with Crippen LogP contribution in [0.4, 0.5) is 0 Å². The van der Waals surface area contributed by atoms with Gasteiger partial charge in [0.1, 0.15) is 18.4 Å². The van der Waals surface area contributed by atoms with E-state index in [-0.39, 0.29) is 36.7 Å². The fourth-order valence-corrected chi connectivity index (χ4v) is 5.42. The van der Waals surface area contributed by atoms with Crippen LogP contribution in [-0.2, 0) is 32.1 Å². The second-order valence-electron chi connectivity index (χ2n) is 9.01. The first kappa shape index (κ1) is 21.0. The zero-order chi connectivity index (χ0) is 22.2. The minimum atomic E-state index is -0.584. The van der Waals surface area contributed by atoms with Gasteiger partial charge in [0.25, 0.3) is 0 Å². The first-order valence-corrected chi connectivity index (χ1v) is 11.4. The highest BCUT2D eigenvalue weighted by Gasteiger charge is 2.40. The first-order chi connectivity index (χ1) is 15.6. The van der Waals surface area contributed by atoms with Crippen molar-refractivity contribution in [1.82, 2.24) is 15.2 Å². The number of amides is 2. The molecule has 3 unspecified atom stereocenters. The van der Waals surface area contributed by atoms with Crippen LogP contribution in [0, 0.1) is 11.8 Å². The van der Waals surface area contributed by atoms with Crippen molar-refractivity contribution < 1.29 is 23.9 Å². The molecule has 32 heavy (non-hydrogen) atoms. The molecule has 1 aliphatic carbocycles. The molecular weight excluding hydrogens is 410 g/mol. The van der Waals surface area contributed by atoms with E-state index < -0.39 is 12.0 Å². The van der Waals surface area contributed by atoms with Crippen molar-refractivity contribution in [3.05, 3.63) is 29.5 Å². The summed E-state index contributed by atoms with van der Waals surface area (Å²) in [5.41, 5.74) is 3.24. The number of benzene rings is 1. The molecule has 1 saturated heterocycles. The van der Waals surface area contributed by atoms with Gasteiger partial charge in [-0.1, -0.05) is 25.0 Å². The van der Waals surface area contributed by atoms with E-state index in [1.54, 1.807) is 7.11 Å². The molecule has 8 heteroatoms. The van der Waals surface area contributed by atoms with Gasteiger partial charge in [-0.2, -0.15) is 0 Å². The summed E-state index contributed by atoms with van der Waals surface area (Å²) in [5.74, 6) is -0.195. The molecule has 0 bridgehead atoms. The first-order valence-electron chi connectivity index (χ1n) is 11.4. The molecule has 2 amide bonds. The normalized spacial score (nSPS) is 25.6. The number of H-pyrrole nitrogens is 1. The van der Waals surface area contributed by atoms with Gasteiger partial charge in [-0.15, -0.1) is 0 Å². The third kappa shape index (κ3) is 3.66. The largest absolute Gasteiger partial charge is 0.495 e. The Morgan fingerprint density at radius 2 is 2.03 bits per heavy atom. The quantitative estimate of drug-likeness (QED) is 0.759. The van der Waals surface area contributed by atoms with E-state index in [0.29, 0.717) is 25.9 Å². The van der Waals surface area contributed by atoms with Crippen LogP contribution >= 0.6 is 0 Å². The summed E-state index contributed by atoms with van der Waals surface area (Å²) in [4.78, 5) is 43.8. The van der Waals surface area contributed by atoms with Gasteiger partial charge in [0.2, 0.25) is 11.8 Å². The van der Waals surface area contributed by atoms with Crippen molar-refractivity contribution in [2.45, 2.75) is 44.7 Å². The number of hydrogen-bond donors (Lipinski definition) is 2. The van der Waals surface area contributed by atoms with E-state index in [0.717, 1.165) is 47.2 Å². The Morgan fingerprint density at radius 3 is 2.78 bits per heavy atom. The van der Waals surface area contributed by atoms with Crippen molar-refractivity contribution in [3.8, 4) is 5.75 Å². The number of Topliss-reactive ketones (excluding diaryl/α,β-unsaturated/α-hetero) is 1. The highest BCUT2D eigenvalue weighted by molar-refractivity contribution is 5.94.